The Morgan fingerprint density at radius 1 is 1.16 bits per heavy atom. The first kappa shape index (κ1) is 16.3. The van der Waals surface area contributed by atoms with Gasteiger partial charge in [0, 0.05) is 29.0 Å². The highest BCUT2D eigenvalue weighted by molar-refractivity contribution is 9.10. The number of aromatic amines is 1. The van der Waals surface area contributed by atoms with Crippen molar-refractivity contribution in [3.05, 3.63) is 64.1 Å². The molecule has 1 aliphatic heterocycles. The lowest BCUT2D eigenvalue weighted by Crippen LogP contribution is -2.38. The molecular formula is C19H17BrFN3O. The van der Waals surface area contributed by atoms with Gasteiger partial charge in [-0.15, -0.1) is 0 Å². The Bertz CT molecular complexity index is 914. The van der Waals surface area contributed by atoms with Crippen molar-refractivity contribution < 1.29 is 9.18 Å². The van der Waals surface area contributed by atoms with Gasteiger partial charge in [0.25, 0.3) is 5.91 Å². The maximum absolute atomic E-state index is 13.3. The average molecular weight is 402 g/mol. The van der Waals surface area contributed by atoms with Gasteiger partial charge in [-0.25, -0.2) is 9.37 Å². The van der Waals surface area contributed by atoms with E-state index in [2.05, 4.69) is 25.9 Å². The average Bonchev–Trinajstić information content (AvgIpc) is 3.05. The number of hydrogen-bond acceptors (Lipinski definition) is 2. The number of nitrogens with zero attached hydrogens (tertiary/aromatic N) is 2. The normalized spacial score (nSPS) is 15.7. The molecule has 0 atom stereocenters. The Kier molecular flexibility index (Phi) is 4.29. The maximum atomic E-state index is 13.3. The number of benzene rings is 2. The van der Waals surface area contributed by atoms with Crippen molar-refractivity contribution in [3.63, 3.8) is 0 Å². The summed E-state index contributed by atoms with van der Waals surface area (Å²) in [4.78, 5) is 22.3. The zero-order valence-electron chi connectivity index (χ0n) is 13.5. The first-order valence-electron chi connectivity index (χ1n) is 8.30. The lowest BCUT2D eigenvalue weighted by molar-refractivity contribution is 0.0711. The van der Waals surface area contributed by atoms with E-state index in [-0.39, 0.29) is 17.6 Å². The predicted octanol–water partition coefficient (Wildman–Crippen LogP) is 4.48. The first-order chi connectivity index (χ1) is 12.1. The Morgan fingerprint density at radius 3 is 2.60 bits per heavy atom. The highest BCUT2D eigenvalue weighted by atomic mass is 79.9. The summed E-state index contributed by atoms with van der Waals surface area (Å²) in [6.45, 7) is 1.40. The molecule has 6 heteroatoms. The van der Waals surface area contributed by atoms with Crippen LogP contribution in [0.4, 0.5) is 4.39 Å². The standard InChI is InChI=1S/C19H17BrFN3O/c20-14-3-1-13(2-4-14)19(25)24-9-7-12(8-10-24)18-22-16-6-5-15(21)11-17(16)23-18/h1-6,11-12H,7-10H2,(H,22,23). The van der Waals surface area contributed by atoms with Gasteiger partial charge in [0.1, 0.15) is 11.6 Å². The fraction of sp³-hybridized carbons (Fsp3) is 0.263. The van der Waals surface area contributed by atoms with E-state index in [4.69, 9.17) is 0 Å². The molecule has 25 heavy (non-hydrogen) atoms. The number of hydrogen-bond donors (Lipinski definition) is 1. The number of halogens is 2. The number of aromatic nitrogens is 2. The molecule has 0 aliphatic carbocycles. The summed E-state index contributed by atoms with van der Waals surface area (Å²) < 4.78 is 14.3. The van der Waals surface area contributed by atoms with Crippen LogP contribution in [0.25, 0.3) is 11.0 Å². The van der Waals surface area contributed by atoms with Crippen molar-refractivity contribution in [2.45, 2.75) is 18.8 Å². The quantitative estimate of drug-likeness (QED) is 0.687. The van der Waals surface area contributed by atoms with Gasteiger partial charge in [-0.2, -0.15) is 0 Å². The molecule has 1 aliphatic rings. The first-order valence-corrected chi connectivity index (χ1v) is 9.09. The van der Waals surface area contributed by atoms with E-state index >= 15 is 0 Å². The zero-order valence-corrected chi connectivity index (χ0v) is 15.1. The van der Waals surface area contributed by atoms with E-state index < -0.39 is 0 Å². The molecular weight excluding hydrogens is 385 g/mol. The largest absolute Gasteiger partial charge is 0.342 e. The number of carbonyl (C=O) groups excluding carboxylic acids is 1. The number of carbonyl (C=O) groups is 1. The van der Waals surface area contributed by atoms with Crippen molar-refractivity contribution in [1.29, 1.82) is 0 Å². The van der Waals surface area contributed by atoms with Crippen molar-refractivity contribution in [2.75, 3.05) is 13.1 Å². The molecule has 2 heterocycles. The van der Waals surface area contributed by atoms with Crippen LogP contribution in [0.15, 0.2) is 46.9 Å². The minimum Gasteiger partial charge on any atom is -0.342 e. The molecule has 0 radical (unpaired) electrons. The third-order valence-electron chi connectivity index (χ3n) is 4.72. The molecule has 3 aromatic rings. The van der Waals surface area contributed by atoms with Crippen LogP contribution >= 0.6 is 15.9 Å². The van der Waals surface area contributed by atoms with Crippen LogP contribution in [0, 0.1) is 5.82 Å². The van der Waals surface area contributed by atoms with Gasteiger partial charge in [-0.1, -0.05) is 15.9 Å². The molecule has 0 saturated carbocycles. The number of rotatable bonds is 2. The van der Waals surface area contributed by atoms with Crippen LogP contribution < -0.4 is 0 Å². The van der Waals surface area contributed by atoms with E-state index in [9.17, 15) is 9.18 Å². The third-order valence-corrected chi connectivity index (χ3v) is 5.25. The molecule has 4 nitrogen and oxygen atoms in total. The van der Waals surface area contributed by atoms with E-state index in [1.807, 2.05) is 29.2 Å². The lowest BCUT2D eigenvalue weighted by Gasteiger charge is -2.31. The number of piperidine rings is 1. The SMILES string of the molecule is O=C(c1ccc(Br)cc1)N1CCC(c2nc3ccc(F)cc3[nH]2)CC1. The molecule has 1 aromatic heterocycles. The van der Waals surface area contributed by atoms with Crippen molar-refractivity contribution >= 4 is 32.9 Å². The van der Waals surface area contributed by atoms with Gasteiger partial charge in [0.05, 0.1) is 11.0 Å². The van der Waals surface area contributed by atoms with Gasteiger partial charge in [-0.3, -0.25) is 4.79 Å². The fourth-order valence-corrected chi connectivity index (χ4v) is 3.59. The van der Waals surface area contributed by atoms with E-state index in [1.54, 1.807) is 6.07 Å². The summed E-state index contributed by atoms with van der Waals surface area (Å²) in [7, 11) is 0. The molecule has 4 rings (SSSR count). The third kappa shape index (κ3) is 3.31. The number of nitrogens with one attached hydrogen (secondary N) is 1. The van der Waals surface area contributed by atoms with E-state index in [0.29, 0.717) is 18.7 Å². The minimum atomic E-state index is -0.266. The van der Waals surface area contributed by atoms with Crippen LogP contribution in [-0.4, -0.2) is 33.9 Å². The van der Waals surface area contributed by atoms with Gasteiger partial charge in [0.15, 0.2) is 0 Å². The lowest BCUT2D eigenvalue weighted by atomic mass is 9.95. The summed E-state index contributed by atoms with van der Waals surface area (Å²) >= 11 is 3.38. The van der Waals surface area contributed by atoms with Gasteiger partial charge < -0.3 is 9.88 Å². The smallest absolute Gasteiger partial charge is 0.253 e. The molecule has 0 spiro atoms. The molecule has 1 N–H and O–H groups in total. The molecule has 2 aromatic carbocycles. The van der Waals surface area contributed by atoms with Crippen LogP contribution in [-0.2, 0) is 0 Å². The highest BCUT2D eigenvalue weighted by Gasteiger charge is 2.26. The monoisotopic (exact) mass is 401 g/mol. The fourth-order valence-electron chi connectivity index (χ4n) is 3.33. The Morgan fingerprint density at radius 2 is 1.88 bits per heavy atom. The summed E-state index contributed by atoms with van der Waals surface area (Å²) in [6.07, 6.45) is 1.70. The highest BCUT2D eigenvalue weighted by Crippen LogP contribution is 2.28. The second kappa shape index (κ2) is 6.59. The summed E-state index contributed by atoms with van der Waals surface area (Å²) in [5.74, 6) is 0.955. The van der Waals surface area contributed by atoms with Gasteiger partial charge in [0.2, 0.25) is 0 Å². The number of amides is 1. The summed E-state index contributed by atoms with van der Waals surface area (Å²) in [5, 5.41) is 0. The molecule has 1 saturated heterocycles. The number of H-pyrrole nitrogens is 1. The van der Waals surface area contributed by atoms with Crippen LogP contribution in [0.1, 0.15) is 34.9 Å². The van der Waals surface area contributed by atoms with Crippen molar-refractivity contribution in [1.82, 2.24) is 14.9 Å². The Hall–Kier alpha value is -2.21. The zero-order chi connectivity index (χ0) is 17.4. The summed E-state index contributed by atoms with van der Waals surface area (Å²) in [6, 6.07) is 12.0. The van der Waals surface area contributed by atoms with Gasteiger partial charge >= 0.3 is 0 Å². The summed E-state index contributed by atoms with van der Waals surface area (Å²) in [5.41, 5.74) is 2.22. The topological polar surface area (TPSA) is 49.0 Å². The van der Waals surface area contributed by atoms with E-state index in [0.717, 1.165) is 34.2 Å². The molecule has 1 fully saturated rings. The van der Waals surface area contributed by atoms with Crippen LogP contribution in [0.5, 0.6) is 0 Å². The van der Waals surface area contributed by atoms with Crippen molar-refractivity contribution in [2.24, 2.45) is 0 Å². The number of likely N-dealkylation sites (tertiary alicyclic amines) is 1. The predicted molar refractivity (Wildman–Crippen MR) is 98.1 cm³/mol. The molecule has 1 amide bonds. The van der Waals surface area contributed by atoms with Gasteiger partial charge in [-0.05, 0) is 55.3 Å². The molecule has 0 unspecified atom stereocenters. The second-order valence-electron chi connectivity index (χ2n) is 6.36. The molecule has 0 bridgehead atoms. The van der Waals surface area contributed by atoms with E-state index in [1.165, 1.54) is 12.1 Å². The van der Waals surface area contributed by atoms with Crippen LogP contribution in [0.3, 0.4) is 0 Å². The molecule has 128 valence electrons. The number of fused-ring (bicyclic) bond motifs is 1. The maximum Gasteiger partial charge on any atom is 0.253 e. The van der Waals surface area contributed by atoms with Crippen LogP contribution in [0.2, 0.25) is 0 Å². The minimum absolute atomic E-state index is 0.0672. The second-order valence-corrected chi connectivity index (χ2v) is 7.27. The Balaban J connectivity index is 1.45. The Labute approximate surface area is 153 Å². The number of imidazole rings is 1. The van der Waals surface area contributed by atoms with Crippen molar-refractivity contribution in [3.8, 4) is 0 Å².